The topological polar surface area (TPSA) is 158 Å². The highest BCUT2D eigenvalue weighted by molar-refractivity contribution is 7.86. The lowest BCUT2D eigenvalue weighted by atomic mass is 10.1. The van der Waals surface area contributed by atoms with Crippen molar-refractivity contribution in [3.63, 3.8) is 0 Å². The van der Waals surface area contributed by atoms with E-state index in [1.807, 2.05) is 6.92 Å². The van der Waals surface area contributed by atoms with Crippen LogP contribution in [-0.4, -0.2) is 33.0 Å². The zero-order valence-corrected chi connectivity index (χ0v) is 17.4. The highest BCUT2D eigenvalue weighted by Gasteiger charge is 2.20. The van der Waals surface area contributed by atoms with Crippen LogP contribution in [0.2, 0.25) is 0 Å². The van der Waals surface area contributed by atoms with Crippen LogP contribution in [0, 0.1) is 6.92 Å². The molecule has 0 aliphatic rings. The van der Waals surface area contributed by atoms with E-state index in [0.717, 1.165) is 11.6 Å². The van der Waals surface area contributed by atoms with Gasteiger partial charge in [0.25, 0.3) is 20.2 Å². The largest absolute Gasteiger partial charge is 0.295 e. The van der Waals surface area contributed by atoms with Crippen LogP contribution in [0.15, 0.2) is 78.8 Å². The maximum atomic E-state index is 11.8. The molecule has 0 radical (unpaired) electrons. The van der Waals surface area contributed by atoms with Crippen LogP contribution in [-0.2, 0) is 20.2 Å². The number of fused-ring (bicyclic) bond motifs is 1. The van der Waals surface area contributed by atoms with Gasteiger partial charge in [-0.05, 0) is 60.3 Å². The molecule has 156 valence electrons. The Hall–Kier alpha value is -3.06. The standard InChI is InChI=1S/C18H16N4O6S2/c1-11-7-13(20-19-2)5-6-17(11)22-21-14-4-3-12-8-15(29(23,24)25)10-18(16(12)9-14)30(26,27)28/h3-10H,1-2H3,(H,23,24,25)(H,26,27,28). The second kappa shape index (κ2) is 7.99. The van der Waals surface area contributed by atoms with Gasteiger partial charge in [-0.15, -0.1) is 0 Å². The number of azo groups is 2. The first-order valence-corrected chi connectivity index (χ1v) is 11.2. The van der Waals surface area contributed by atoms with Crippen LogP contribution < -0.4 is 0 Å². The molecule has 0 spiro atoms. The molecule has 12 heteroatoms. The van der Waals surface area contributed by atoms with Gasteiger partial charge in [0.05, 0.1) is 22.0 Å². The fraction of sp³-hybridized carbons (Fsp3) is 0.111. The summed E-state index contributed by atoms with van der Waals surface area (Å²) in [7, 11) is -7.90. The predicted octanol–water partition coefficient (Wildman–Crippen LogP) is 4.77. The van der Waals surface area contributed by atoms with E-state index in [4.69, 9.17) is 0 Å². The minimum atomic E-state index is -4.78. The van der Waals surface area contributed by atoms with E-state index in [0.29, 0.717) is 17.4 Å². The van der Waals surface area contributed by atoms with Crippen LogP contribution in [0.4, 0.5) is 17.1 Å². The summed E-state index contributed by atoms with van der Waals surface area (Å²) in [6.45, 7) is 1.82. The van der Waals surface area contributed by atoms with Gasteiger partial charge < -0.3 is 0 Å². The molecule has 0 unspecified atom stereocenters. The molecule has 0 fully saturated rings. The first kappa shape index (κ1) is 21.6. The summed E-state index contributed by atoms with van der Waals surface area (Å²) >= 11 is 0. The van der Waals surface area contributed by atoms with E-state index in [1.54, 1.807) is 25.2 Å². The Balaban J connectivity index is 2.10. The highest BCUT2D eigenvalue weighted by Crippen LogP contribution is 2.32. The van der Waals surface area contributed by atoms with E-state index in [9.17, 15) is 25.9 Å². The molecule has 3 aromatic rings. The van der Waals surface area contributed by atoms with Crippen molar-refractivity contribution in [3.8, 4) is 0 Å². The van der Waals surface area contributed by atoms with Crippen LogP contribution in [0.5, 0.6) is 0 Å². The Morgan fingerprint density at radius 3 is 2.03 bits per heavy atom. The minimum Gasteiger partial charge on any atom is -0.282 e. The zero-order chi connectivity index (χ0) is 22.1. The molecule has 0 saturated carbocycles. The Morgan fingerprint density at radius 1 is 0.767 bits per heavy atom. The molecule has 3 aromatic carbocycles. The van der Waals surface area contributed by atoms with E-state index >= 15 is 0 Å². The Kier molecular flexibility index (Phi) is 5.76. The Morgan fingerprint density at radius 2 is 1.43 bits per heavy atom. The SMILES string of the molecule is CN=Nc1ccc(N=Nc2ccc3cc(S(=O)(=O)O)cc(S(=O)(=O)O)c3c2)c(C)c1. The summed E-state index contributed by atoms with van der Waals surface area (Å²) in [5.74, 6) is 0. The second-order valence-corrected chi connectivity index (χ2v) is 9.06. The smallest absolute Gasteiger partial charge is 0.282 e. The van der Waals surface area contributed by atoms with Crippen LogP contribution in [0.25, 0.3) is 10.8 Å². The number of hydrogen-bond donors (Lipinski definition) is 2. The van der Waals surface area contributed by atoms with E-state index < -0.39 is 30.0 Å². The minimum absolute atomic E-state index is 0.0248. The van der Waals surface area contributed by atoms with Crippen molar-refractivity contribution in [3.05, 3.63) is 54.1 Å². The van der Waals surface area contributed by atoms with Gasteiger partial charge in [0.1, 0.15) is 4.90 Å². The second-order valence-electron chi connectivity index (χ2n) is 6.25. The molecule has 0 aromatic heterocycles. The van der Waals surface area contributed by atoms with Gasteiger partial charge in [0, 0.05) is 12.4 Å². The fourth-order valence-electron chi connectivity index (χ4n) is 2.75. The van der Waals surface area contributed by atoms with E-state index in [-0.39, 0.29) is 16.5 Å². The average Bonchev–Trinajstić information content (AvgIpc) is 2.65. The van der Waals surface area contributed by atoms with Gasteiger partial charge in [0.15, 0.2) is 0 Å². The van der Waals surface area contributed by atoms with Crippen LogP contribution >= 0.6 is 0 Å². The molecule has 2 N–H and O–H groups in total. The maximum Gasteiger partial charge on any atom is 0.295 e. The van der Waals surface area contributed by atoms with Gasteiger partial charge in [-0.1, -0.05) is 6.07 Å². The van der Waals surface area contributed by atoms with Crippen molar-refractivity contribution in [2.75, 3.05) is 7.05 Å². The molecule has 0 aliphatic carbocycles. The van der Waals surface area contributed by atoms with E-state index in [2.05, 4.69) is 20.5 Å². The number of hydrogen-bond acceptors (Lipinski definition) is 8. The molecular formula is C18H16N4O6S2. The maximum absolute atomic E-state index is 11.8. The third-order valence-electron chi connectivity index (χ3n) is 4.12. The van der Waals surface area contributed by atoms with Crippen molar-refractivity contribution in [2.45, 2.75) is 16.7 Å². The Bertz CT molecular complexity index is 1410. The first-order valence-electron chi connectivity index (χ1n) is 8.34. The molecule has 0 atom stereocenters. The summed E-state index contributed by atoms with van der Waals surface area (Å²) in [5.41, 5.74) is 2.28. The third-order valence-corrected chi connectivity index (χ3v) is 5.84. The monoisotopic (exact) mass is 448 g/mol. The summed E-state index contributed by atoms with van der Waals surface area (Å²) < 4.78 is 65.1. The third kappa shape index (κ3) is 4.74. The molecule has 0 aliphatic heterocycles. The molecule has 30 heavy (non-hydrogen) atoms. The Labute approximate surface area is 172 Å². The van der Waals surface area contributed by atoms with Gasteiger partial charge in [-0.3, -0.25) is 9.11 Å². The normalized spacial score (nSPS) is 12.9. The molecule has 0 heterocycles. The number of benzene rings is 3. The molecule has 0 bridgehead atoms. The van der Waals surface area contributed by atoms with E-state index in [1.165, 1.54) is 18.2 Å². The lowest BCUT2D eigenvalue weighted by Crippen LogP contribution is -2.04. The molecule has 0 saturated heterocycles. The average molecular weight is 448 g/mol. The molecule has 3 rings (SSSR count). The summed E-state index contributed by atoms with van der Waals surface area (Å²) in [6.07, 6.45) is 0. The van der Waals surface area contributed by atoms with Gasteiger partial charge in [-0.2, -0.15) is 37.3 Å². The van der Waals surface area contributed by atoms with Crippen molar-refractivity contribution < 1.29 is 25.9 Å². The van der Waals surface area contributed by atoms with Gasteiger partial charge >= 0.3 is 0 Å². The van der Waals surface area contributed by atoms with Crippen LogP contribution in [0.1, 0.15) is 5.56 Å². The van der Waals surface area contributed by atoms with Crippen molar-refractivity contribution >= 4 is 48.1 Å². The van der Waals surface area contributed by atoms with Crippen LogP contribution in [0.3, 0.4) is 0 Å². The summed E-state index contributed by atoms with van der Waals surface area (Å²) in [6, 6.07) is 11.2. The molecule has 0 amide bonds. The lowest BCUT2D eigenvalue weighted by molar-refractivity contribution is 0.482. The quantitative estimate of drug-likeness (QED) is 0.422. The van der Waals surface area contributed by atoms with Crippen molar-refractivity contribution in [2.24, 2.45) is 20.5 Å². The van der Waals surface area contributed by atoms with Crippen molar-refractivity contribution in [1.82, 2.24) is 0 Å². The lowest BCUT2D eigenvalue weighted by Gasteiger charge is -2.07. The molecule has 10 nitrogen and oxygen atoms in total. The molecular weight excluding hydrogens is 432 g/mol. The highest BCUT2D eigenvalue weighted by atomic mass is 32.2. The summed E-state index contributed by atoms with van der Waals surface area (Å²) in [4.78, 5) is -1.33. The number of aryl methyl sites for hydroxylation is 1. The van der Waals surface area contributed by atoms with Gasteiger partial charge in [-0.25, -0.2) is 0 Å². The predicted molar refractivity (Wildman–Crippen MR) is 109 cm³/mol. The first-order chi connectivity index (χ1) is 14.0. The van der Waals surface area contributed by atoms with Gasteiger partial charge in [0.2, 0.25) is 0 Å². The fourth-order valence-corrected chi connectivity index (χ4v) is 4.10. The van der Waals surface area contributed by atoms with Crippen molar-refractivity contribution in [1.29, 1.82) is 0 Å². The summed E-state index contributed by atoms with van der Waals surface area (Å²) in [5, 5.41) is 16.0. The number of nitrogens with zero attached hydrogens (tertiary/aromatic N) is 4. The number of rotatable bonds is 5. The zero-order valence-electron chi connectivity index (χ0n) is 15.8.